The Bertz CT molecular complexity index is 3060. The van der Waals surface area contributed by atoms with Crippen LogP contribution in [0.15, 0.2) is 72.8 Å². The molecule has 70 heavy (non-hydrogen) atoms. The summed E-state index contributed by atoms with van der Waals surface area (Å²) in [6, 6.07) is 22.4. The number of piperazine rings is 1. The van der Waals surface area contributed by atoms with Crippen LogP contribution >= 0.6 is 11.6 Å². The molecule has 3 aliphatic heterocycles. The van der Waals surface area contributed by atoms with E-state index in [4.69, 9.17) is 30.9 Å². The molecule has 2 aromatic heterocycles. The second-order valence-corrected chi connectivity index (χ2v) is 20.0. The van der Waals surface area contributed by atoms with Crippen molar-refractivity contribution in [3.8, 4) is 22.6 Å². The van der Waals surface area contributed by atoms with E-state index >= 15 is 0 Å². The standard InChI is InChI=1S/C54H60ClN7O8/c1-32-29-60(46(64)31-69-44-19-11-16-39-40(44)30-62(52(39)66)42-22-23-45(63)56-51(42)65)25-24-59(32)26-27-61-49-38(20-21-41(55)48(49)47-33(2)57-58(7)34(47)3)37(50(61)53(67)70-54(4,5)6)17-12-28-68-43-18-10-14-35-13-8-9-15-36(35)43/h8-11,13-16,18-21,32,42H,12,17,22-31H2,1-7H3,(H,56,63,65). The van der Waals surface area contributed by atoms with Crippen molar-refractivity contribution < 1.29 is 38.2 Å². The molecule has 3 aliphatic rings. The summed E-state index contributed by atoms with van der Waals surface area (Å²) in [6.07, 6.45) is 1.57. The molecule has 2 saturated heterocycles. The Labute approximate surface area is 412 Å². The highest BCUT2D eigenvalue weighted by molar-refractivity contribution is 6.35. The van der Waals surface area contributed by atoms with E-state index in [1.165, 1.54) is 4.90 Å². The van der Waals surface area contributed by atoms with Gasteiger partial charge in [0.15, 0.2) is 6.61 Å². The van der Waals surface area contributed by atoms with E-state index in [1.54, 1.807) is 23.1 Å². The highest BCUT2D eigenvalue weighted by Gasteiger charge is 2.40. The Morgan fingerprint density at radius 1 is 0.886 bits per heavy atom. The fourth-order valence-corrected chi connectivity index (χ4v) is 10.6. The van der Waals surface area contributed by atoms with E-state index in [1.807, 2.05) is 82.7 Å². The lowest BCUT2D eigenvalue weighted by molar-refractivity contribution is -0.137. The van der Waals surface area contributed by atoms with Gasteiger partial charge in [0.1, 0.15) is 28.8 Å². The van der Waals surface area contributed by atoms with Crippen LogP contribution in [-0.2, 0) is 45.7 Å². The number of halogens is 1. The number of nitrogens with zero attached hydrogens (tertiary/aromatic N) is 6. The number of carbonyl (C=O) groups excluding carboxylic acids is 5. The van der Waals surface area contributed by atoms with Gasteiger partial charge in [-0.1, -0.05) is 60.1 Å². The average molecular weight is 971 g/mol. The van der Waals surface area contributed by atoms with Crippen molar-refractivity contribution in [1.29, 1.82) is 0 Å². The first-order chi connectivity index (χ1) is 33.5. The average Bonchev–Trinajstić information content (AvgIpc) is 3.92. The minimum absolute atomic E-state index is 0.0401. The first-order valence-electron chi connectivity index (χ1n) is 24.1. The lowest BCUT2D eigenvalue weighted by atomic mass is 9.98. The van der Waals surface area contributed by atoms with Gasteiger partial charge in [0.2, 0.25) is 11.8 Å². The van der Waals surface area contributed by atoms with Crippen LogP contribution in [0.5, 0.6) is 11.5 Å². The van der Waals surface area contributed by atoms with Gasteiger partial charge in [-0.25, -0.2) is 4.79 Å². The van der Waals surface area contributed by atoms with Crippen LogP contribution in [0.3, 0.4) is 0 Å². The third-order valence-corrected chi connectivity index (χ3v) is 14.1. The zero-order chi connectivity index (χ0) is 49.6. The molecule has 4 amide bonds. The van der Waals surface area contributed by atoms with Gasteiger partial charge >= 0.3 is 5.97 Å². The number of rotatable bonds is 14. The minimum atomic E-state index is -0.765. The predicted octanol–water partition coefficient (Wildman–Crippen LogP) is 7.80. The normalized spacial score (nSPS) is 17.6. The zero-order valence-corrected chi connectivity index (χ0v) is 41.7. The van der Waals surface area contributed by atoms with Gasteiger partial charge in [0.05, 0.1) is 29.4 Å². The van der Waals surface area contributed by atoms with E-state index in [9.17, 15) is 24.0 Å². The molecule has 0 spiro atoms. The summed E-state index contributed by atoms with van der Waals surface area (Å²) in [7, 11) is 1.92. The fraction of sp³-hybridized carbons (Fsp3) is 0.407. The Kier molecular flexibility index (Phi) is 13.5. The quantitative estimate of drug-likeness (QED) is 0.0649. The van der Waals surface area contributed by atoms with Crippen LogP contribution < -0.4 is 14.8 Å². The number of hydrogen-bond acceptors (Lipinski definition) is 10. The molecule has 5 heterocycles. The fourth-order valence-electron chi connectivity index (χ4n) is 10.4. The number of fused-ring (bicyclic) bond motifs is 3. The van der Waals surface area contributed by atoms with Crippen molar-refractivity contribution in [3.05, 3.63) is 112 Å². The summed E-state index contributed by atoms with van der Waals surface area (Å²) in [5.74, 6) is -0.533. The van der Waals surface area contributed by atoms with E-state index in [0.29, 0.717) is 79.8 Å². The summed E-state index contributed by atoms with van der Waals surface area (Å²) in [5.41, 5.74) is 5.94. The maximum Gasteiger partial charge on any atom is 0.355 e. The van der Waals surface area contributed by atoms with Crippen LogP contribution in [-0.4, -0.2) is 116 Å². The molecule has 0 saturated carbocycles. The molecule has 15 nitrogen and oxygen atoms in total. The third-order valence-electron chi connectivity index (χ3n) is 13.8. The lowest BCUT2D eigenvalue weighted by Crippen LogP contribution is -2.55. The van der Waals surface area contributed by atoms with Crippen molar-refractivity contribution in [2.45, 2.75) is 98.0 Å². The number of carbonyl (C=O) groups is 5. The monoisotopic (exact) mass is 969 g/mol. The third kappa shape index (κ3) is 9.48. The maximum atomic E-state index is 14.7. The van der Waals surface area contributed by atoms with Crippen molar-refractivity contribution in [3.63, 3.8) is 0 Å². The highest BCUT2D eigenvalue weighted by Crippen LogP contribution is 2.43. The minimum Gasteiger partial charge on any atom is -0.493 e. The van der Waals surface area contributed by atoms with Crippen molar-refractivity contribution in [2.75, 3.05) is 39.4 Å². The topological polar surface area (TPSA) is 158 Å². The number of hydrogen-bond donors (Lipinski definition) is 1. The lowest BCUT2D eigenvalue weighted by Gasteiger charge is -2.40. The molecular weight excluding hydrogens is 910 g/mol. The van der Waals surface area contributed by atoms with Gasteiger partial charge in [0, 0.05) is 91.0 Å². The summed E-state index contributed by atoms with van der Waals surface area (Å²) in [4.78, 5) is 71.9. The number of ether oxygens (including phenoxy) is 3. The van der Waals surface area contributed by atoms with Crippen molar-refractivity contribution in [2.24, 2.45) is 7.05 Å². The number of esters is 1. The molecule has 4 aromatic carbocycles. The van der Waals surface area contributed by atoms with Gasteiger partial charge in [-0.15, -0.1) is 0 Å². The molecule has 9 rings (SSSR count). The summed E-state index contributed by atoms with van der Waals surface area (Å²) < 4.78 is 22.7. The molecule has 2 fully saturated rings. The van der Waals surface area contributed by atoms with E-state index in [2.05, 4.69) is 39.9 Å². The Hall–Kier alpha value is -6.71. The van der Waals surface area contributed by atoms with Gasteiger partial charge < -0.3 is 28.6 Å². The molecule has 0 radical (unpaired) electrons. The largest absolute Gasteiger partial charge is 0.493 e. The molecule has 0 aliphatic carbocycles. The molecule has 0 bridgehead atoms. The molecule has 1 N–H and O–H groups in total. The van der Waals surface area contributed by atoms with Crippen LogP contribution in [0.1, 0.15) is 90.3 Å². The second kappa shape index (κ2) is 19.6. The van der Waals surface area contributed by atoms with E-state index in [-0.39, 0.29) is 49.8 Å². The van der Waals surface area contributed by atoms with Crippen LogP contribution in [0.4, 0.5) is 0 Å². The summed E-state index contributed by atoms with van der Waals surface area (Å²) in [6.45, 7) is 14.5. The highest BCUT2D eigenvalue weighted by atomic mass is 35.5. The molecule has 2 atom stereocenters. The van der Waals surface area contributed by atoms with Crippen molar-refractivity contribution >= 4 is 62.9 Å². The van der Waals surface area contributed by atoms with Gasteiger partial charge in [-0.3, -0.25) is 34.1 Å². The maximum absolute atomic E-state index is 14.7. The molecule has 2 unspecified atom stereocenters. The van der Waals surface area contributed by atoms with Crippen LogP contribution in [0, 0.1) is 13.8 Å². The van der Waals surface area contributed by atoms with Gasteiger partial charge in [0.25, 0.3) is 11.8 Å². The SMILES string of the molecule is Cc1nn(C)c(C)c1-c1c(Cl)ccc2c(CCCOc3cccc4ccccc34)c(C(=O)OC(C)(C)C)n(CCN3CCN(C(=O)COc4cccc5c4CN(C4CCC(=O)NC4=O)C5=O)CC3C)c12. The molecule has 16 heteroatoms. The Balaban J connectivity index is 0.949. The zero-order valence-electron chi connectivity index (χ0n) is 40.9. The summed E-state index contributed by atoms with van der Waals surface area (Å²) in [5, 5.41) is 10.7. The number of piperidine rings is 1. The van der Waals surface area contributed by atoms with Gasteiger partial charge in [-0.2, -0.15) is 5.10 Å². The smallest absolute Gasteiger partial charge is 0.355 e. The first kappa shape index (κ1) is 48.3. The Morgan fingerprint density at radius 2 is 1.64 bits per heavy atom. The molecular formula is C54H60ClN7O8. The second-order valence-electron chi connectivity index (χ2n) is 19.6. The first-order valence-corrected chi connectivity index (χ1v) is 24.5. The number of benzene rings is 4. The number of aryl methyl sites for hydroxylation is 3. The van der Waals surface area contributed by atoms with E-state index in [0.717, 1.165) is 55.5 Å². The predicted molar refractivity (Wildman–Crippen MR) is 267 cm³/mol. The van der Waals surface area contributed by atoms with Crippen LogP contribution in [0.25, 0.3) is 32.8 Å². The number of aromatic nitrogens is 3. The number of amides is 4. The molecule has 6 aromatic rings. The van der Waals surface area contributed by atoms with Crippen LogP contribution in [0.2, 0.25) is 5.02 Å². The van der Waals surface area contributed by atoms with E-state index < -0.39 is 23.5 Å². The Morgan fingerprint density at radius 3 is 2.39 bits per heavy atom. The van der Waals surface area contributed by atoms with Crippen molar-refractivity contribution in [1.82, 2.24) is 34.4 Å². The number of imide groups is 1. The molecule has 366 valence electrons. The summed E-state index contributed by atoms with van der Waals surface area (Å²) >= 11 is 7.23. The number of nitrogens with one attached hydrogen (secondary N) is 1. The van der Waals surface area contributed by atoms with Gasteiger partial charge in [-0.05, 0) is 96.0 Å².